The zero-order chi connectivity index (χ0) is 15.8. The molecule has 0 atom stereocenters. The van der Waals surface area contributed by atoms with E-state index in [0.717, 1.165) is 33.2 Å². The van der Waals surface area contributed by atoms with Crippen molar-refractivity contribution in [3.05, 3.63) is 49.1 Å². The molecule has 4 rings (SSSR count). The summed E-state index contributed by atoms with van der Waals surface area (Å²) in [4.78, 5) is 12.2. The molecule has 0 amide bonds. The second kappa shape index (κ2) is 5.06. The molecule has 0 aliphatic heterocycles. The largest absolute Gasteiger partial charge is 0.383 e. The molecule has 0 saturated heterocycles. The molecular formula is C16H13N7. The number of hydrogen-bond donors (Lipinski definition) is 3. The van der Waals surface area contributed by atoms with Crippen molar-refractivity contribution in [1.29, 1.82) is 0 Å². The van der Waals surface area contributed by atoms with Gasteiger partial charge in [-0.1, -0.05) is 6.07 Å². The van der Waals surface area contributed by atoms with Gasteiger partial charge in [-0.2, -0.15) is 10.1 Å². The summed E-state index contributed by atoms with van der Waals surface area (Å²) >= 11 is 0. The molecule has 0 saturated carbocycles. The Labute approximate surface area is 131 Å². The quantitative estimate of drug-likeness (QED) is 0.522. The normalized spacial score (nSPS) is 11.0. The van der Waals surface area contributed by atoms with E-state index in [1.807, 2.05) is 30.5 Å². The summed E-state index contributed by atoms with van der Waals surface area (Å²) in [6.07, 6.45) is 6.95. The minimum Gasteiger partial charge on any atom is -0.383 e. The van der Waals surface area contributed by atoms with Gasteiger partial charge in [0.05, 0.1) is 11.7 Å². The average molecular weight is 303 g/mol. The molecule has 0 aliphatic carbocycles. The topological polar surface area (TPSA) is 119 Å². The number of hydrogen-bond acceptors (Lipinski definition) is 6. The van der Waals surface area contributed by atoms with E-state index in [1.54, 1.807) is 18.6 Å². The fourth-order valence-electron chi connectivity index (χ4n) is 2.59. The van der Waals surface area contributed by atoms with Crippen molar-refractivity contribution in [3.8, 4) is 22.3 Å². The van der Waals surface area contributed by atoms with Gasteiger partial charge in [-0.15, -0.1) is 0 Å². The number of H-pyrrole nitrogens is 1. The summed E-state index contributed by atoms with van der Waals surface area (Å²) in [6, 6.07) is 7.90. The Balaban J connectivity index is 1.99. The van der Waals surface area contributed by atoms with Gasteiger partial charge in [0.15, 0.2) is 0 Å². The van der Waals surface area contributed by atoms with E-state index in [1.165, 1.54) is 0 Å². The predicted molar refractivity (Wildman–Crippen MR) is 89.2 cm³/mol. The molecule has 5 N–H and O–H groups in total. The second-order valence-electron chi connectivity index (χ2n) is 5.13. The number of nitrogens with one attached hydrogen (secondary N) is 1. The van der Waals surface area contributed by atoms with Crippen LogP contribution < -0.4 is 11.5 Å². The lowest BCUT2D eigenvalue weighted by atomic mass is 9.98. The fourth-order valence-corrected chi connectivity index (χ4v) is 2.59. The molecule has 4 aromatic rings. The van der Waals surface area contributed by atoms with E-state index in [0.29, 0.717) is 5.82 Å². The Kier molecular flexibility index (Phi) is 2.90. The highest BCUT2D eigenvalue weighted by atomic mass is 15.1. The van der Waals surface area contributed by atoms with Crippen molar-refractivity contribution in [2.24, 2.45) is 0 Å². The van der Waals surface area contributed by atoms with Gasteiger partial charge in [0.2, 0.25) is 5.95 Å². The standard InChI is InChI=1S/C16H13N7/c17-15-13(8-20-16(18)22-15)10-4-11-7-21-23-14(11)12(5-10)9-2-1-3-19-6-9/h1-8H,(H,21,23)(H4,17,18,20,22). The van der Waals surface area contributed by atoms with Crippen molar-refractivity contribution in [2.75, 3.05) is 11.5 Å². The number of pyridine rings is 1. The van der Waals surface area contributed by atoms with Crippen molar-refractivity contribution in [1.82, 2.24) is 25.1 Å². The van der Waals surface area contributed by atoms with Crippen LogP contribution in [0.3, 0.4) is 0 Å². The molecule has 0 aliphatic rings. The highest BCUT2D eigenvalue weighted by molar-refractivity contribution is 5.97. The molecule has 1 aromatic carbocycles. The first-order valence-corrected chi connectivity index (χ1v) is 6.98. The van der Waals surface area contributed by atoms with Gasteiger partial charge >= 0.3 is 0 Å². The highest BCUT2D eigenvalue weighted by Gasteiger charge is 2.12. The number of nitrogen functional groups attached to an aromatic ring is 2. The van der Waals surface area contributed by atoms with E-state index in [-0.39, 0.29) is 5.95 Å². The number of aromatic amines is 1. The van der Waals surface area contributed by atoms with Crippen molar-refractivity contribution in [2.45, 2.75) is 0 Å². The first-order chi connectivity index (χ1) is 11.2. The van der Waals surface area contributed by atoms with Crippen molar-refractivity contribution in [3.63, 3.8) is 0 Å². The molecule has 0 fully saturated rings. The predicted octanol–water partition coefficient (Wildman–Crippen LogP) is 2.25. The van der Waals surface area contributed by atoms with Crippen molar-refractivity contribution < 1.29 is 0 Å². The van der Waals surface area contributed by atoms with Gasteiger partial charge in [-0.3, -0.25) is 10.1 Å². The van der Waals surface area contributed by atoms with Gasteiger partial charge in [0.25, 0.3) is 0 Å². The third-order valence-corrected chi connectivity index (χ3v) is 3.67. The molecule has 23 heavy (non-hydrogen) atoms. The Morgan fingerprint density at radius 1 is 0.957 bits per heavy atom. The second-order valence-corrected chi connectivity index (χ2v) is 5.13. The minimum atomic E-state index is 0.156. The van der Waals surface area contributed by atoms with Crippen molar-refractivity contribution >= 4 is 22.7 Å². The smallest absolute Gasteiger partial charge is 0.221 e. The Bertz CT molecular complexity index is 992. The lowest BCUT2D eigenvalue weighted by Gasteiger charge is -2.09. The molecule has 3 heterocycles. The summed E-state index contributed by atoms with van der Waals surface area (Å²) in [5, 5.41) is 8.13. The maximum atomic E-state index is 5.99. The number of fused-ring (bicyclic) bond motifs is 1. The molecule has 0 bridgehead atoms. The Morgan fingerprint density at radius 3 is 2.65 bits per heavy atom. The van der Waals surface area contributed by atoms with Crippen LogP contribution in [0.5, 0.6) is 0 Å². The van der Waals surface area contributed by atoms with Crippen LogP contribution in [0.2, 0.25) is 0 Å². The molecule has 0 unspecified atom stereocenters. The SMILES string of the molecule is Nc1ncc(-c2cc(-c3cccnc3)c3[nH]ncc3c2)c(N)n1. The summed E-state index contributed by atoms with van der Waals surface area (Å²) in [7, 11) is 0. The van der Waals surface area contributed by atoms with Gasteiger partial charge < -0.3 is 11.5 Å². The molecule has 3 aromatic heterocycles. The number of nitrogens with two attached hydrogens (primary N) is 2. The number of nitrogens with zero attached hydrogens (tertiary/aromatic N) is 4. The molecular weight excluding hydrogens is 290 g/mol. The minimum absolute atomic E-state index is 0.156. The maximum Gasteiger partial charge on any atom is 0.221 e. The number of benzene rings is 1. The third kappa shape index (κ3) is 2.24. The Hall–Kier alpha value is -3.48. The van der Waals surface area contributed by atoms with Crippen LogP contribution >= 0.6 is 0 Å². The third-order valence-electron chi connectivity index (χ3n) is 3.67. The lowest BCUT2D eigenvalue weighted by Crippen LogP contribution is -2.01. The maximum absolute atomic E-state index is 5.99. The first-order valence-electron chi connectivity index (χ1n) is 6.98. The first kappa shape index (κ1) is 13.2. The van der Waals surface area contributed by atoms with E-state index in [4.69, 9.17) is 11.5 Å². The van der Waals surface area contributed by atoms with Gasteiger partial charge in [-0.25, -0.2) is 4.98 Å². The van der Waals surface area contributed by atoms with Crippen LogP contribution in [0.1, 0.15) is 0 Å². The van der Waals surface area contributed by atoms with E-state index in [9.17, 15) is 0 Å². The molecule has 7 nitrogen and oxygen atoms in total. The zero-order valence-corrected chi connectivity index (χ0v) is 12.1. The molecule has 112 valence electrons. The van der Waals surface area contributed by atoms with E-state index >= 15 is 0 Å². The van der Waals surface area contributed by atoms with E-state index < -0.39 is 0 Å². The van der Waals surface area contributed by atoms with Crippen LogP contribution in [0.15, 0.2) is 49.1 Å². The van der Waals surface area contributed by atoms with Crippen LogP contribution in [0, 0.1) is 0 Å². The Morgan fingerprint density at radius 2 is 1.87 bits per heavy atom. The fraction of sp³-hybridized carbons (Fsp3) is 0. The van der Waals surface area contributed by atoms with Crippen LogP contribution in [0.4, 0.5) is 11.8 Å². The molecule has 0 spiro atoms. The molecule has 7 heteroatoms. The summed E-state index contributed by atoms with van der Waals surface area (Å²) in [5.41, 5.74) is 16.1. The summed E-state index contributed by atoms with van der Waals surface area (Å²) in [5.74, 6) is 0.501. The van der Waals surface area contributed by atoms with E-state index in [2.05, 4.69) is 25.1 Å². The number of anilines is 2. The summed E-state index contributed by atoms with van der Waals surface area (Å²) < 4.78 is 0. The lowest BCUT2D eigenvalue weighted by molar-refractivity contribution is 1.12. The zero-order valence-electron chi connectivity index (χ0n) is 12.1. The van der Waals surface area contributed by atoms with Gasteiger partial charge in [0, 0.05) is 40.7 Å². The van der Waals surface area contributed by atoms with Crippen LogP contribution in [-0.2, 0) is 0 Å². The average Bonchev–Trinajstić information content (AvgIpc) is 3.03. The number of aromatic nitrogens is 5. The van der Waals surface area contributed by atoms with Crippen LogP contribution in [0.25, 0.3) is 33.2 Å². The van der Waals surface area contributed by atoms with Gasteiger partial charge in [-0.05, 0) is 23.8 Å². The number of rotatable bonds is 2. The van der Waals surface area contributed by atoms with Crippen LogP contribution in [-0.4, -0.2) is 25.1 Å². The highest BCUT2D eigenvalue weighted by Crippen LogP contribution is 2.34. The molecule has 0 radical (unpaired) electrons. The monoisotopic (exact) mass is 303 g/mol. The summed E-state index contributed by atoms with van der Waals surface area (Å²) in [6.45, 7) is 0. The van der Waals surface area contributed by atoms with Gasteiger partial charge in [0.1, 0.15) is 5.82 Å².